The number of carbonyl (C=O) groups excluding carboxylic acids is 1. The molecule has 0 aromatic carbocycles. The second kappa shape index (κ2) is 4.18. The molecule has 1 unspecified atom stereocenters. The van der Waals surface area contributed by atoms with E-state index in [0.29, 0.717) is 0 Å². The normalized spacial score (nSPS) is 24.3. The van der Waals surface area contributed by atoms with Gasteiger partial charge in [0.2, 0.25) is 0 Å². The zero-order chi connectivity index (χ0) is 8.10. The quantitative estimate of drug-likeness (QED) is 0.582. The van der Waals surface area contributed by atoms with Crippen molar-refractivity contribution in [3.8, 4) is 0 Å². The summed E-state index contributed by atoms with van der Waals surface area (Å²) < 4.78 is 5.28. The fraction of sp³-hybridized carbons (Fsp3) is 0.857. The smallest absolute Gasteiger partial charge is 0.316 e. The van der Waals surface area contributed by atoms with Crippen molar-refractivity contribution in [3.05, 3.63) is 0 Å². The van der Waals surface area contributed by atoms with Crippen molar-refractivity contribution in [1.82, 2.24) is 10.6 Å². The molecule has 1 saturated heterocycles. The Morgan fingerprint density at radius 1 is 1.55 bits per heavy atom. The Kier molecular flexibility index (Phi) is 3.16. The highest BCUT2D eigenvalue weighted by atomic mass is 16.5. The number of carbonyl (C=O) groups is 1. The summed E-state index contributed by atoms with van der Waals surface area (Å²) >= 11 is 0. The van der Waals surface area contributed by atoms with Gasteiger partial charge < -0.3 is 15.4 Å². The average Bonchev–Trinajstić information content (AvgIpc) is 2.06. The van der Waals surface area contributed by atoms with E-state index in [1.54, 1.807) is 7.05 Å². The Balaban J connectivity index is 2.19. The molecule has 0 aliphatic carbocycles. The SMILES string of the molecule is CNC(=O)NC1CCCCO1. The highest BCUT2D eigenvalue weighted by Crippen LogP contribution is 2.09. The summed E-state index contributed by atoms with van der Waals surface area (Å²) in [5, 5.41) is 5.18. The minimum Gasteiger partial charge on any atom is -0.358 e. The Labute approximate surface area is 66.3 Å². The molecular formula is C7H14N2O2. The number of urea groups is 1. The van der Waals surface area contributed by atoms with Crippen molar-refractivity contribution >= 4 is 6.03 Å². The van der Waals surface area contributed by atoms with Crippen molar-refractivity contribution in [2.75, 3.05) is 13.7 Å². The molecule has 11 heavy (non-hydrogen) atoms. The van der Waals surface area contributed by atoms with E-state index in [9.17, 15) is 4.79 Å². The van der Waals surface area contributed by atoms with Crippen LogP contribution in [-0.4, -0.2) is 25.9 Å². The van der Waals surface area contributed by atoms with Crippen LogP contribution in [0.15, 0.2) is 0 Å². The van der Waals surface area contributed by atoms with Gasteiger partial charge in [-0.3, -0.25) is 0 Å². The fourth-order valence-corrected chi connectivity index (χ4v) is 1.07. The van der Waals surface area contributed by atoms with Crippen LogP contribution in [0.2, 0.25) is 0 Å². The Morgan fingerprint density at radius 2 is 2.36 bits per heavy atom. The van der Waals surface area contributed by atoms with Crippen LogP contribution in [0.1, 0.15) is 19.3 Å². The minimum atomic E-state index is -0.170. The van der Waals surface area contributed by atoms with Gasteiger partial charge in [-0.15, -0.1) is 0 Å². The summed E-state index contributed by atoms with van der Waals surface area (Å²) in [7, 11) is 1.60. The number of rotatable bonds is 1. The van der Waals surface area contributed by atoms with Gasteiger partial charge in [-0.25, -0.2) is 4.79 Å². The van der Waals surface area contributed by atoms with E-state index >= 15 is 0 Å². The predicted molar refractivity (Wildman–Crippen MR) is 41.2 cm³/mol. The zero-order valence-electron chi connectivity index (χ0n) is 6.72. The second-order valence-electron chi connectivity index (χ2n) is 2.58. The van der Waals surface area contributed by atoms with E-state index in [4.69, 9.17) is 4.74 Å². The molecule has 0 radical (unpaired) electrons. The van der Waals surface area contributed by atoms with E-state index in [1.807, 2.05) is 0 Å². The number of amides is 2. The number of hydrogen-bond donors (Lipinski definition) is 2. The van der Waals surface area contributed by atoms with Crippen LogP contribution in [0, 0.1) is 0 Å². The highest BCUT2D eigenvalue weighted by molar-refractivity contribution is 5.73. The fourth-order valence-electron chi connectivity index (χ4n) is 1.07. The van der Waals surface area contributed by atoms with Gasteiger partial charge >= 0.3 is 6.03 Å². The minimum absolute atomic E-state index is 0.0799. The largest absolute Gasteiger partial charge is 0.358 e. The van der Waals surface area contributed by atoms with E-state index in [1.165, 1.54) is 0 Å². The molecule has 0 spiro atoms. The lowest BCUT2D eigenvalue weighted by Crippen LogP contribution is -2.43. The van der Waals surface area contributed by atoms with Crippen LogP contribution < -0.4 is 10.6 Å². The molecule has 0 bridgehead atoms. The maximum Gasteiger partial charge on any atom is 0.316 e. The summed E-state index contributed by atoms with van der Waals surface area (Å²) in [6, 6.07) is -0.170. The number of nitrogens with one attached hydrogen (secondary N) is 2. The first kappa shape index (κ1) is 8.33. The third-order valence-corrected chi connectivity index (χ3v) is 1.70. The first-order valence-corrected chi connectivity index (χ1v) is 3.93. The molecule has 2 amide bonds. The van der Waals surface area contributed by atoms with Crippen molar-refractivity contribution in [1.29, 1.82) is 0 Å². The number of hydrogen-bond acceptors (Lipinski definition) is 2. The van der Waals surface area contributed by atoms with Crippen LogP contribution in [0.4, 0.5) is 4.79 Å². The van der Waals surface area contributed by atoms with Gasteiger partial charge in [0, 0.05) is 13.7 Å². The molecule has 1 heterocycles. The van der Waals surface area contributed by atoms with E-state index in [0.717, 1.165) is 25.9 Å². The molecule has 2 N–H and O–H groups in total. The standard InChI is InChI=1S/C7H14N2O2/c1-8-7(10)9-6-4-2-3-5-11-6/h6H,2-5H2,1H3,(H2,8,9,10). The maximum absolute atomic E-state index is 10.8. The Morgan fingerprint density at radius 3 is 2.91 bits per heavy atom. The Bertz CT molecular complexity index is 132. The molecule has 0 saturated carbocycles. The molecule has 4 nitrogen and oxygen atoms in total. The third kappa shape index (κ3) is 2.76. The molecule has 1 fully saturated rings. The van der Waals surface area contributed by atoms with Gasteiger partial charge in [0.15, 0.2) is 0 Å². The molecule has 1 aliphatic rings. The lowest BCUT2D eigenvalue weighted by molar-refractivity contribution is 0.00249. The Hall–Kier alpha value is -0.770. The number of ether oxygens (including phenoxy) is 1. The average molecular weight is 158 g/mol. The van der Waals surface area contributed by atoms with Crippen molar-refractivity contribution in [2.45, 2.75) is 25.5 Å². The molecule has 0 aromatic heterocycles. The first-order chi connectivity index (χ1) is 5.33. The van der Waals surface area contributed by atoms with Gasteiger partial charge in [-0.2, -0.15) is 0 Å². The van der Waals surface area contributed by atoms with Crippen LogP contribution in [0.5, 0.6) is 0 Å². The lowest BCUT2D eigenvalue weighted by atomic mass is 10.2. The second-order valence-corrected chi connectivity index (χ2v) is 2.58. The summed E-state index contributed by atoms with van der Waals surface area (Å²) in [4.78, 5) is 10.8. The maximum atomic E-state index is 10.8. The van der Waals surface area contributed by atoms with E-state index < -0.39 is 0 Å². The van der Waals surface area contributed by atoms with Gasteiger partial charge in [-0.1, -0.05) is 0 Å². The molecule has 64 valence electrons. The van der Waals surface area contributed by atoms with Crippen LogP contribution in [0.25, 0.3) is 0 Å². The topological polar surface area (TPSA) is 50.4 Å². The van der Waals surface area contributed by atoms with E-state index in [-0.39, 0.29) is 12.3 Å². The van der Waals surface area contributed by atoms with Crippen LogP contribution in [0.3, 0.4) is 0 Å². The lowest BCUT2D eigenvalue weighted by Gasteiger charge is -2.22. The summed E-state index contributed by atoms with van der Waals surface area (Å²) in [5.41, 5.74) is 0. The zero-order valence-corrected chi connectivity index (χ0v) is 6.72. The summed E-state index contributed by atoms with van der Waals surface area (Å²) in [5.74, 6) is 0. The summed E-state index contributed by atoms with van der Waals surface area (Å²) in [6.45, 7) is 0.759. The molecule has 0 aromatic rings. The highest BCUT2D eigenvalue weighted by Gasteiger charge is 2.14. The predicted octanol–water partition coefficient (Wildman–Crippen LogP) is 0.442. The van der Waals surface area contributed by atoms with Crippen molar-refractivity contribution in [3.63, 3.8) is 0 Å². The molecule has 1 aliphatic heterocycles. The van der Waals surface area contributed by atoms with Crippen molar-refractivity contribution < 1.29 is 9.53 Å². The van der Waals surface area contributed by atoms with E-state index in [2.05, 4.69) is 10.6 Å². The van der Waals surface area contributed by atoms with Crippen LogP contribution in [-0.2, 0) is 4.74 Å². The molecule has 1 atom stereocenters. The molecule has 4 heteroatoms. The van der Waals surface area contributed by atoms with Gasteiger partial charge in [-0.05, 0) is 19.3 Å². The monoisotopic (exact) mass is 158 g/mol. The third-order valence-electron chi connectivity index (χ3n) is 1.70. The van der Waals surface area contributed by atoms with Crippen LogP contribution >= 0.6 is 0 Å². The first-order valence-electron chi connectivity index (χ1n) is 3.93. The van der Waals surface area contributed by atoms with Gasteiger partial charge in [0.1, 0.15) is 6.23 Å². The van der Waals surface area contributed by atoms with Crippen molar-refractivity contribution in [2.24, 2.45) is 0 Å². The summed E-state index contributed by atoms with van der Waals surface area (Å²) in [6.07, 6.45) is 3.08. The molecule has 1 rings (SSSR count). The molecular weight excluding hydrogens is 144 g/mol. The van der Waals surface area contributed by atoms with Gasteiger partial charge in [0.05, 0.1) is 0 Å². The van der Waals surface area contributed by atoms with Gasteiger partial charge in [0.25, 0.3) is 0 Å².